The molecule has 0 radical (unpaired) electrons. The van der Waals surface area contributed by atoms with E-state index in [0.717, 1.165) is 5.56 Å². The molecule has 88 valence electrons. The molecule has 3 heteroatoms. The summed E-state index contributed by atoms with van der Waals surface area (Å²) in [6.07, 6.45) is 0. The summed E-state index contributed by atoms with van der Waals surface area (Å²) in [4.78, 5) is 12.9. The normalized spacial score (nSPS) is 13.1. The molecule has 0 aliphatic rings. The van der Waals surface area contributed by atoms with Crippen molar-refractivity contribution in [1.82, 2.24) is 4.90 Å². The second-order valence-electron chi connectivity index (χ2n) is 4.58. The second-order valence-corrected chi connectivity index (χ2v) is 4.58. The highest BCUT2D eigenvalue weighted by Gasteiger charge is 2.18. The molecule has 0 heterocycles. The molecule has 1 N–H and O–H groups in total. The van der Waals surface area contributed by atoms with Crippen LogP contribution >= 0.6 is 0 Å². The molecule has 0 aliphatic carbocycles. The van der Waals surface area contributed by atoms with E-state index in [-0.39, 0.29) is 0 Å². The van der Waals surface area contributed by atoms with E-state index < -0.39 is 5.97 Å². The van der Waals surface area contributed by atoms with Crippen molar-refractivity contribution >= 4 is 5.97 Å². The number of benzene rings is 1. The summed E-state index contributed by atoms with van der Waals surface area (Å²) >= 11 is 0. The topological polar surface area (TPSA) is 40.5 Å². The molecule has 0 aromatic heterocycles. The highest BCUT2D eigenvalue weighted by atomic mass is 16.4. The van der Waals surface area contributed by atoms with Crippen molar-refractivity contribution in [2.24, 2.45) is 5.92 Å². The smallest absolute Gasteiger partial charge is 0.335 e. The quantitative estimate of drug-likeness (QED) is 0.849. The van der Waals surface area contributed by atoms with E-state index in [1.165, 1.54) is 0 Å². The van der Waals surface area contributed by atoms with Gasteiger partial charge in [0.25, 0.3) is 0 Å². The van der Waals surface area contributed by atoms with E-state index in [0.29, 0.717) is 17.5 Å². The van der Waals surface area contributed by atoms with Crippen LogP contribution in [0.1, 0.15) is 35.8 Å². The first-order valence-corrected chi connectivity index (χ1v) is 5.43. The van der Waals surface area contributed by atoms with Gasteiger partial charge in [-0.2, -0.15) is 0 Å². The lowest BCUT2D eigenvalue weighted by molar-refractivity contribution is 0.0697. The lowest BCUT2D eigenvalue weighted by Crippen LogP contribution is -2.24. The summed E-state index contributed by atoms with van der Waals surface area (Å²) in [5, 5.41) is 8.82. The molecule has 1 rings (SSSR count). The number of carbonyl (C=O) groups is 1. The lowest BCUT2D eigenvalue weighted by Gasteiger charge is -2.28. The Kier molecular flexibility index (Phi) is 4.07. The minimum Gasteiger partial charge on any atom is -0.478 e. The number of carboxylic acids is 1. The third-order valence-electron chi connectivity index (χ3n) is 2.69. The average molecular weight is 221 g/mol. The number of hydrogen-bond acceptors (Lipinski definition) is 2. The third kappa shape index (κ3) is 2.83. The number of hydrogen-bond donors (Lipinski definition) is 1. The summed E-state index contributed by atoms with van der Waals surface area (Å²) in [5.41, 5.74) is 1.50. The van der Waals surface area contributed by atoms with Gasteiger partial charge in [-0.25, -0.2) is 4.79 Å². The van der Waals surface area contributed by atoms with E-state index in [9.17, 15) is 4.79 Å². The molecule has 1 atom stereocenters. The number of rotatable bonds is 4. The Bertz CT molecular complexity index is 347. The largest absolute Gasteiger partial charge is 0.478 e. The van der Waals surface area contributed by atoms with Gasteiger partial charge in [-0.05, 0) is 37.7 Å². The summed E-state index contributed by atoms with van der Waals surface area (Å²) in [6.45, 7) is 4.32. The molecule has 0 saturated heterocycles. The Hall–Kier alpha value is -1.35. The zero-order valence-corrected chi connectivity index (χ0v) is 10.3. The van der Waals surface area contributed by atoms with Gasteiger partial charge in [0.05, 0.1) is 5.56 Å². The van der Waals surface area contributed by atoms with E-state index in [1.54, 1.807) is 12.1 Å². The fraction of sp³-hybridized carbons (Fsp3) is 0.462. The zero-order valence-electron chi connectivity index (χ0n) is 10.3. The van der Waals surface area contributed by atoms with Gasteiger partial charge < -0.3 is 10.0 Å². The monoisotopic (exact) mass is 221 g/mol. The Morgan fingerprint density at radius 1 is 1.19 bits per heavy atom. The molecular formula is C13H19NO2. The standard InChI is InChI=1S/C13H19NO2/c1-9(2)12(14(3)4)10-5-7-11(8-6-10)13(15)16/h5-9,12H,1-4H3,(H,15,16)/t12-/m1/s1. The van der Waals surface area contributed by atoms with Crippen molar-refractivity contribution in [3.05, 3.63) is 35.4 Å². The zero-order chi connectivity index (χ0) is 12.3. The van der Waals surface area contributed by atoms with Gasteiger partial charge in [-0.3, -0.25) is 0 Å². The predicted octanol–water partition coefficient (Wildman–Crippen LogP) is 2.64. The van der Waals surface area contributed by atoms with Crippen LogP contribution in [0.4, 0.5) is 0 Å². The van der Waals surface area contributed by atoms with E-state index >= 15 is 0 Å². The Balaban J connectivity index is 2.99. The molecule has 1 aromatic rings. The maximum Gasteiger partial charge on any atom is 0.335 e. The summed E-state index contributed by atoms with van der Waals surface area (Å²) in [5.74, 6) is -0.386. The van der Waals surface area contributed by atoms with E-state index in [2.05, 4.69) is 18.7 Å². The van der Waals surface area contributed by atoms with Crippen molar-refractivity contribution in [2.75, 3.05) is 14.1 Å². The number of carboxylic acid groups (broad SMARTS) is 1. The first-order valence-electron chi connectivity index (χ1n) is 5.43. The molecule has 0 unspecified atom stereocenters. The van der Waals surface area contributed by atoms with Gasteiger partial charge >= 0.3 is 5.97 Å². The van der Waals surface area contributed by atoms with Gasteiger partial charge in [0.1, 0.15) is 0 Å². The molecule has 0 spiro atoms. The van der Waals surface area contributed by atoms with Crippen LogP contribution in [-0.4, -0.2) is 30.1 Å². The molecule has 0 aliphatic heterocycles. The number of aromatic carboxylic acids is 1. The Morgan fingerprint density at radius 3 is 2.00 bits per heavy atom. The summed E-state index contributed by atoms with van der Waals surface area (Å²) in [6, 6.07) is 7.44. The van der Waals surface area contributed by atoms with Crippen molar-refractivity contribution in [3.63, 3.8) is 0 Å². The van der Waals surface area contributed by atoms with Crippen LogP contribution in [0, 0.1) is 5.92 Å². The van der Waals surface area contributed by atoms with Gasteiger partial charge in [0.2, 0.25) is 0 Å². The molecule has 0 fully saturated rings. The van der Waals surface area contributed by atoms with Crippen molar-refractivity contribution in [1.29, 1.82) is 0 Å². The Labute approximate surface area is 96.7 Å². The van der Waals surface area contributed by atoms with E-state index in [1.807, 2.05) is 26.2 Å². The molecular weight excluding hydrogens is 202 g/mol. The lowest BCUT2D eigenvalue weighted by atomic mass is 9.94. The van der Waals surface area contributed by atoms with Crippen molar-refractivity contribution in [2.45, 2.75) is 19.9 Å². The molecule has 16 heavy (non-hydrogen) atoms. The van der Waals surface area contributed by atoms with Crippen LogP contribution in [-0.2, 0) is 0 Å². The molecule has 0 bridgehead atoms. The SMILES string of the molecule is CC(C)[C@H](c1ccc(C(=O)O)cc1)N(C)C. The van der Waals surface area contributed by atoms with Crippen LogP contribution in [0.5, 0.6) is 0 Å². The van der Waals surface area contributed by atoms with Gasteiger partial charge in [-0.1, -0.05) is 26.0 Å². The predicted molar refractivity (Wildman–Crippen MR) is 64.7 cm³/mol. The minimum absolute atomic E-state index is 0.322. The second kappa shape index (κ2) is 5.12. The van der Waals surface area contributed by atoms with Crippen LogP contribution in [0.2, 0.25) is 0 Å². The van der Waals surface area contributed by atoms with Crippen LogP contribution < -0.4 is 0 Å². The first kappa shape index (κ1) is 12.7. The summed E-state index contributed by atoms with van der Waals surface area (Å²) in [7, 11) is 4.07. The van der Waals surface area contributed by atoms with Crippen LogP contribution in [0.25, 0.3) is 0 Å². The molecule has 1 aromatic carbocycles. The van der Waals surface area contributed by atoms with Gasteiger partial charge in [0.15, 0.2) is 0 Å². The fourth-order valence-corrected chi connectivity index (χ4v) is 2.10. The van der Waals surface area contributed by atoms with Gasteiger partial charge in [0, 0.05) is 6.04 Å². The van der Waals surface area contributed by atoms with Crippen molar-refractivity contribution in [3.8, 4) is 0 Å². The molecule has 0 amide bonds. The fourth-order valence-electron chi connectivity index (χ4n) is 2.10. The number of nitrogens with zero attached hydrogens (tertiary/aromatic N) is 1. The molecule has 0 saturated carbocycles. The summed E-state index contributed by atoms with van der Waals surface area (Å²) < 4.78 is 0. The maximum absolute atomic E-state index is 10.7. The first-order chi connectivity index (χ1) is 7.43. The molecule has 3 nitrogen and oxygen atoms in total. The van der Waals surface area contributed by atoms with Crippen molar-refractivity contribution < 1.29 is 9.90 Å². The third-order valence-corrected chi connectivity index (χ3v) is 2.69. The van der Waals surface area contributed by atoms with Crippen LogP contribution in [0.15, 0.2) is 24.3 Å². The Morgan fingerprint density at radius 2 is 1.69 bits per heavy atom. The highest BCUT2D eigenvalue weighted by molar-refractivity contribution is 5.87. The maximum atomic E-state index is 10.7. The average Bonchev–Trinajstić information content (AvgIpc) is 2.17. The van der Waals surface area contributed by atoms with E-state index in [4.69, 9.17) is 5.11 Å². The van der Waals surface area contributed by atoms with Gasteiger partial charge in [-0.15, -0.1) is 0 Å². The minimum atomic E-state index is -0.877. The van der Waals surface area contributed by atoms with Crippen LogP contribution in [0.3, 0.4) is 0 Å². The highest BCUT2D eigenvalue weighted by Crippen LogP contribution is 2.26.